The zero-order valence-electron chi connectivity index (χ0n) is 14.9. The van der Waals surface area contributed by atoms with Gasteiger partial charge in [0.1, 0.15) is 12.4 Å². The maximum absolute atomic E-state index is 12.5. The topological polar surface area (TPSA) is 71.2 Å². The molecule has 2 aromatic rings. The van der Waals surface area contributed by atoms with Gasteiger partial charge in [0.25, 0.3) is 0 Å². The third kappa shape index (κ3) is 2.84. The second-order valence-electron chi connectivity index (χ2n) is 7.26. The fourth-order valence-corrected chi connectivity index (χ4v) is 4.15. The van der Waals surface area contributed by atoms with Crippen LogP contribution in [0.25, 0.3) is 0 Å². The van der Waals surface area contributed by atoms with Crippen molar-refractivity contribution in [2.75, 3.05) is 11.9 Å². The van der Waals surface area contributed by atoms with Gasteiger partial charge in [-0.05, 0) is 30.5 Å². The Kier molecular flexibility index (Phi) is 4.15. The average Bonchev–Trinajstić information content (AvgIpc) is 2.94. The summed E-state index contributed by atoms with van der Waals surface area (Å²) in [4.78, 5) is 18.9. The van der Waals surface area contributed by atoms with E-state index in [1.54, 1.807) is 16.7 Å². The molecule has 1 aromatic carbocycles. The van der Waals surface area contributed by atoms with Crippen LogP contribution in [0.1, 0.15) is 43.2 Å². The Labute approximate surface area is 152 Å². The lowest BCUT2D eigenvalue weighted by molar-refractivity contribution is 0.275. The summed E-state index contributed by atoms with van der Waals surface area (Å²) in [5.74, 6) is 1.24. The molecule has 26 heavy (non-hydrogen) atoms. The fraction of sp³-hybridized carbons (Fsp3) is 0.450. The maximum atomic E-state index is 12.5. The van der Waals surface area contributed by atoms with Crippen LogP contribution >= 0.6 is 0 Å². The van der Waals surface area contributed by atoms with E-state index >= 15 is 0 Å². The number of aromatic nitrogens is 2. The van der Waals surface area contributed by atoms with Crippen molar-refractivity contribution in [2.45, 2.75) is 50.8 Å². The van der Waals surface area contributed by atoms with Crippen LogP contribution in [-0.4, -0.2) is 22.1 Å². The van der Waals surface area contributed by atoms with Crippen LogP contribution in [0.15, 0.2) is 35.1 Å². The zero-order chi connectivity index (χ0) is 18.1. The molecular formula is C20H22N4O2. The lowest BCUT2D eigenvalue weighted by Gasteiger charge is -2.39. The molecule has 1 aromatic heterocycles. The van der Waals surface area contributed by atoms with Crippen LogP contribution < -0.4 is 15.3 Å². The summed E-state index contributed by atoms with van der Waals surface area (Å²) < 4.78 is 7.54. The van der Waals surface area contributed by atoms with E-state index in [-0.39, 0.29) is 11.2 Å². The van der Waals surface area contributed by atoms with E-state index in [2.05, 4.69) is 23.0 Å². The Morgan fingerprint density at radius 3 is 2.65 bits per heavy atom. The first-order valence-corrected chi connectivity index (χ1v) is 9.09. The number of benzene rings is 1. The summed E-state index contributed by atoms with van der Waals surface area (Å²) in [6.07, 6.45) is 5.93. The summed E-state index contributed by atoms with van der Waals surface area (Å²) in [6, 6.07) is 11.2. The van der Waals surface area contributed by atoms with Crippen molar-refractivity contribution in [3.63, 3.8) is 0 Å². The normalized spacial score (nSPS) is 17.8. The highest BCUT2D eigenvalue weighted by Gasteiger charge is 2.43. The summed E-state index contributed by atoms with van der Waals surface area (Å²) in [7, 11) is 2.08. The van der Waals surface area contributed by atoms with Gasteiger partial charge in [0.15, 0.2) is 0 Å². The number of nitrogens with zero attached hydrogens (tertiary/aromatic N) is 4. The lowest BCUT2D eigenvalue weighted by Crippen LogP contribution is -2.46. The van der Waals surface area contributed by atoms with Gasteiger partial charge in [-0.3, -0.25) is 4.57 Å². The number of fused-ring (bicyclic) bond motifs is 1. The quantitative estimate of drug-likeness (QED) is 0.851. The van der Waals surface area contributed by atoms with Gasteiger partial charge in [0.05, 0.1) is 23.7 Å². The number of anilines is 1. The molecule has 6 nitrogen and oxygen atoms in total. The third-order valence-electron chi connectivity index (χ3n) is 5.73. The van der Waals surface area contributed by atoms with Crippen LogP contribution in [0, 0.1) is 11.3 Å². The monoisotopic (exact) mass is 350 g/mol. The second kappa shape index (κ2) is 6.49. The van der Waals surface area contributed by atoms with Gasteiger partial charge in [-0.25, -0.2) is 4.79 Å². The minimum atomic E-state index is -0.244. The highest BCUT2D eigenvalue weighted by atomic mass is 16.5. The molecule has 1 fully saturated rings. The van der Waals surface area contributed by atoms with Crippen molar-refractivity contribution in [2.24, 2.45) is 0 Å². The van der Waals surface area contributed by atoms with Gasteiger partial charge in [-0.15, -0.1) is 0 Å². The smallest absolute Gasteiger partial charge is 0.352 e. The summed E-state index contributed by atoms with van der Waals surface area (Å²) in [5, 5.41) is 8.85. The molecular weight excluding hydrogens is 328 g/mol. The van der Waals surface area contributed by atoms with Gasteiger partial charge in [-0.2, -0.15) is 10.2 Å². The summed E-state index contributed by atoms with van der Waals surface area (Å²) >= 11 is 0. The number of hydrogen-bond acceptors (Lipinski definition) is 5. The van der Waals surface area contributed by atoms with Gasteiger partial charge in [0.2, 0.25) is 5.88 Å². The third-order valence-corrected chi connectivity index (χ3v) is 5.73. The Bertz CT molecular complexity index is 905. The van der Waals surface area contributed by atoms with Crippen LogP contribution in [-0.2, 0) is 13.2 Å². The summed E-state index contributed by atoms with van der Waals surface area (Å²) in [5.41, 5.74) is 1.36. The van der Waals surface area contributed by atoms with Gasteiger partial charge >= 0.3 is 5.69 Å². The number of nitriles is 1. The number of ether oxygens (including phenoxy) is 1. The standard InChI is InChI=1S/C20H22N4O2/c1-23-18-11-17(26-13-16-7-5-15(12-21)6-8-16)22-19(25)24(18)14-20(23)9-3-2-4-10-20/h5-8,11H,2-4,9-10,13-14H2,1H3. The Balaban J connectivity index is 1.54. The first kappa shape index (κ1) is 16.6. The molecule has 0 N–H and O–H groups in total. The molecule has 1 saturated carbocycles. The van der Waals surface area contributed by atoms with Gasteiger partial charge in [-0.1, -0.05) is 31.4 Å². The predicted octanol–water partition coefficient (Wildman–Crippen LogP) is 2.85. The largest absolute Gasteiger partial charge is 0.473 e. The molecule has 0 amide bonds. The van der Waals surface area contributed by atoms with E-state index in [1.807, 2.05) is 18.2 Å². The predicted molar refractivity (Wildman–Crippen MR) is 98.2 cm³/mol. The molecule has 0 saturated heterocycles. The van der Waals surface area contributed by atoms with Crippen LogP contribution in [0.2, 0.25) is 0 Å². The minimum Gasteiger partial charge on any atom is -0.473 e. The van der Waals surface area contributed by atoms with Crippen molar-refractivity contribution in [1.82, 2.24) is 9.55 Å². The van der Waals surface area contributed by atoms with E-state index in [0.717, 1.165) is 30.8 Å². The van der Waals surface area contributed by atoms with E-state index in [4.69, 9.17) is 10.00 Å². The number of rotatable bonds is 3. The molecule has 1 spiro atoms. The van der Waals surface area contributed by atoms with Crippen molar-refractivity contribution >= 4 is 5.82 Å². The van der Waals surface area contributed by atoms with Crippen molar-refractivity contribution in [1.29, 1.82) is 5.26 Å². The Morgan fingerprint density at radius 2 is 1.96 bits per heavy atom. The van der Waals surface area contributed by atoms with Gasteiger partial charge < -0.3 is 9.64 Å². The van der Waals surface area contributed by atoms with E-state index in [9.17, 15) is 4.79 Å². The molecule has 0 unspecified atom stereocenters. The second-order valence-corrected chi connectivity index (χ2v) is 7.26. The average molecular weight is 350 g/mol. The summed E-state index contributed by atoms with van der Waals surface area (Å²) in [6.45, 7) is 1.04. The molecule has 0 bridgehead atoms. The highest BCUT2D eigenvalue weighted by Crippen LogP contribution is 2.41. The van der Waals surface area contributed by atoms with Crippen molar-refractivity contribution in [3.05, 3.63) is 51.9 Å². The van der Waals surface area contributed by atoms with Crippen molar-refractivity contribution in [3.8, 4) is 11.9 Å². The lowest BCUT2D eigenvalue weighted by atomic mass is 9.81. The molecule has 2 aliphatic rings. The van der Waals surface area contributed by atoms with Crippen molar-refractivity contribution < 1.29 is 4.74 Å². The number of hydrogen-bond donors (Lipinski definition) is 0. The minimum absolute atomic E-state index is 0.0534. The van der Waals surface area contributed by atoms with Crippen LogP contribution in [0.5, 0.6) is 5.88 Å². The molecule has 1 aliphatic carbocycles. The molecule has 1 aliphatic heterocycles. The van der Waals surface area contributed by atoms with Crippen LogP contribution in [0.3, 0.4) is 0 Å². The highest BCUT2D eigenvalue weighted by molar-refractivity contribution is 5.49. The SMILES string of the molecule is CN1c2cc(OCc3ccc(C#N)cc3)nc(=O)n2CC12CCCCC2. The first-order chi connectivity index (χ1) is 12.6. The molecule has 2 heterocycles. The molecule has 0 radical (unpaired) electrons. The zero-order valence-corrected chi connectivity index (χ0v) is 14.9. The van der Waals surface area contributed by atoms with Crippen LogP contribution in [0.4, 0.5) is 5.82 Å². The fourth-order valence-electron chi connectivity index (χ4n) is 4.15. The molecule has 4 rings (SSSR count). The molecule has 134 valence electrons. The maximum Gasteiger partial charge on any atom is 0.352 e. The molecule has 6 heteroatoms. The van der Waals surface area contributed by atoms with E-state index in [0.29, 0.717) is 18.1 Å². The first-order valence-electron chi connectivity index (χ1n) is 9.09. The van der Waals surface area contributed by atoms with Gasteiger partial charge in [0, 0.05) is 13.1 Å². The Morgan fingerprint density at radius 1 is 1.23 bits per heavy atom. The molecule has 0 atom stereocenters. The van der Waals surface area contributed by atoms with E-state index in [1.165, 1.54) is 19.3 Å². The van der Waals surface area contributed by atoms with E-state index < -0.39 is 0 Å². The number of likely N-dealkylation sites (N-methyl/N-ethyl adjacent to an activating group) is 1. The Hall–Kier alpha value is -2.81.